The van der Waals surface area contributed by atoms with Crippen molar-refractivity contribution < 1.29 is 4.74 Å². The molecule has 4 heteroatoms. The molecule has 0 aromatic carbocycles. The first-order chi connectivity index (χ1) is 7.33. The fourth-order valence-corrected chi connectivity index (χ4v) is 2.92. The molecule has 0 radical (unpaired) electrons. The molecular formula is C11H24N2OS. The zero-order valence-electron chi connectivity index (χ0n) is 9.92. The smallest absolute Gasteiger partial charge is 0.0587 e. The van der Waals surface area contributed by atoms with Crippen LogP contribution in [0.25, 0.3) is 0 Å². The molecule has 1 aliphatic heterocycles. The van der Waals surface area contributed by atoms with E-state index in [1.807, 2.05) is 0 Å². The molecule has 0 amide bonds. The molecule has 90 valence electrons. The van der Waals surface area contributed by atoms with Gasteiger partial charge in [-0.2, -0.15) is 11.8 Å². The third-order valence-electron chi connectivity index (χ3n) is 2.65. The zero-order valence-corrected chi connectivity index (χ0v) is 10.7. The van der Waals surface area contributed by atoms with E-state index < -0.39 is 0 Å². The summed E-state index contributed by atoms with van der Waals surface area (Å²) < 4.78 is 4.98. The highest BCUT2D eigenvalue weighted by molar-refractivity contribution is 8.00. The van der Waals surface area contributed by atoms with E-state index in [-0.39, 0.29) is 0 Å². The van der Waals surface area contributed by atoms with E-state index in [0.29, 0.717) is 6.04 Å². The van der Waals surface area contributed by atoms with E-state index in [0.717, 1.165) is 31.5 Å². The van der Waals surface area contributed by atoms with Crippen LogP contribution in [-0.2, 0) is 4.74 Å². The van der Waals surface area contributed by atoms with Crippen molar-refractivity contribution in [2.75, 3.05) is 39.1 Å². The molecule has 0 saturated carbocycles. The fraction of sp³-hybridized carbons (Fsp3) is 1.00. The second-order valence-corrected chi connectivity index (χ2v) is 5.55. The third kappa shape index (κ3) is 6.40. The Kier molecular flexibility index (Phi) is 7.44. The second kappa shape index (κ2) is 8.39. The van der Waals surface area contributed by atoms with Crippen LogP contribution in [0.3, 0.4) is 0 Å². The van der Waals surface area contributed by atoms with Crippen molar-refractivity contribution in [3.63, 3.8) is 0 Å². The first-order valence-electron chi connectivity index (χ1n) is 5.87. The normalized spacial score (nSPS) is 23.2. The molecule has 3 nitrogen and oxygen atoms in total. The van der Waals surface area contributed by atoms with Gasteiger partial charge in [0.2, 0.25) is 0 Å². The average molecular weight is 232 g/mol. The Balaban J connectivity index is 1.90. The molecule has 2 unspecified atom stereocenters. The Morgan fingerprint density at radius 3 is 3.07 bits per heavy atom. The molecule has 1 heterocycles. The Hall–Kier alpha value is 0.230. The summed E-state index contributed by atoms with van der Waals surface area (Å²) >= 11 is 2.11. The Morgan fingerprint density at radius 2 is 2.40 bits per heavy atom. The standard InChI is InChI=1S/C11H24N2OS/c1-10(8-12-5-6-14-2)13-9-11-4-3-7-15-11/h10-13H,3-9H2,1-2H3. The van der Waals surface area contributed by atoms with Crippen LogP contribution in [0, 0.1) is 0 Å². The number of hydrogen-bond acceptors (Lipinski definition) is 4. The molecule has 2 atom stereocenters. The highest BCUT2D eigenvalue weighted by Gasteiger charge is 2.15. The number of hydrogen-bond donors (Lipinski definition) is 2. The molecule has 0 aromatic heterocycles. The van der Waals surface area contributed by atoms with Crippen LogP contribution in [0.15, 0.2) is 0 Å². The largest absolute Gasteiger partial charge is 0.383 e. The summed E-state index contributed by atoms with van der Waals surface area (Å²) in [6, 6.07) is 0.558. The van der Waals surface area contributed by atoms with Gasteiger partial charge >= 0.3 is 0 Å². The van der Waals surface area contributed by atoms with Crippen LogP contribution < -0.4 is 10.6 Å². The Labute approximate surface area is 97.7 Å². The monoisotopic (exact) mass is 232 g/mol. The maximum absolute atomic E-state index is 4.98. The number of ether oxygens (including phenoxy) is 1. The minimum atomic E-state index is 0.558. The van der Waals surface area contributed by atoms with E-state index in [1.165, 1.54) is 18.6 Å². The van der Waals surface area contributed by atoms with Gasteiger partial charge in [0.1, 0.15) is 0 Å². The van der Waals surface area contributed by atoms with Crippen molar-refractivity contribution >= 4 is 11.8 Å². The fourth-order valence-electron chi connectivity index (χ4n) is 1.70. The minimum Gasteiger partial charge on any atom is -0.383 e. The van der Waals surface area contributed by atoms with Crippen molar-refractivity contribution in [2.45, 2.75) is 31.1 Å². The summed E-state index contributed by atoms with van der Waals surface area (Å²) in [4.78, 5) is 0. The van der Waals surface area contributed by atoms with E-state index in [2.05, 4.69) is 29.3 Å². The molecule has 15 heavy (non-hydrogen) atoms. The van der Waals surface area contributed by atoms with E-state index >= 15 is 0 Å². The van der Waals surface area contributed by atoms with Crippen LogP contribution in [0.2, 0.25) is 0 Å². The van der Waals surface area contributed by atoms with Crippen LogP contribution in [-0.4, -0.2) is 50.4 Å². The highest BCUT2D eigenvalue weighted by atomic mass is 32.2. The molecule has 2 N–H and O–H groups in total. The van der Waals surface area contributed by atoms with Crippen LogP contribution >= 0.6 is 11.8 Å². The summed E-state index contributed by atoms with van der Waals surface area (Å²) in [5.41, 5.74) is 0. The summed E-state index contributed by atoms with van der Waals surface area (Å²) in [7, 11) is 1.74. The number of rotatable bonds is 8. The topological polar surface area (TPSA) is 33.3 Å². The lowest BCUT2D eigenvalue weighted by molar-refractivity contribution is 0.198. The van der Waals surface area contributed by atoms with Crippen molar-refractivity contribution in [1.29, 1.82) is 0 Å². The highest BCUT2D eigenvalue weighted by Crippen LogP contribution is 2.25. The van der Waals surface area contributed by atoms with Crippen LogP contribution in [0.4, 0.5) is 0 Å². The van der Waals surface area contributed by atoms with Gasteiger partial charge in [-0.25, -0.2) is 0 Å². The third-order valence-corrected chi connectivity index (χ3v) is 4.05. The minimum absolute atomic E-state index is 0.558. The van der Waals surface area contributed by atoms with E-state index in [4.69, 9.17) is 4.74 Å². The quantitative estimate of drug-likeness (QED) is 0.614. The lowest BCUT2D eigenvalue weighted by Gasteiger charge is -2.17. The lowest BCUT2D eigenvalue weighted by Crippen LogP contribution is -2.39. The van der Waals surface area contributed by atoms with Gasteiger partial charge in [-0.05, 0) is 25.5 Å². The lowest BCUT2D eigenvalue weighted by atomic mass is 10.2. The molecule has 0 spiro atoms. The van der Waals surface area contributed by atoms with Gasteiger partial charge in [-0.3, -0.25) is 0 Å². The van der Waals surface area contributed by atoms with Crippen LogP contribution in [0.5, 0.6) is 0 Å². The molecule has 1 fully saturated rings. The SMILES string of the molecule is COCCNCC(C)NCC1CCCS1. The number of thioether (sulfide) groups is 1. The van der Waals surface area contributed by atoms with Gasteiger partial charge in [-0.15, -0.1) is 0 Å². The van der Waals surface area contributed by atoms with Gasteiger partial charge in [0.25, 0.3) is 0 Å². The Bertz CT molecular complexity index is 152. The maximum Gasteiger partial charge on any atom is 0.0587 e. The van der Waals surface area contributed by atoms with Gasteiger partial charge in [0.05, 0.1) is 6.61 Å². The zero-order chi connectivity index (χ0) is 10.9. The number of methoxy groups -OCH3 is 1. The van der Waals surface area contributed by atoms with Crippen molar-refractivity contribution in [2.24, 2.45) is 0 Å². The molecule has 0 aromatic rings. The Morgan fingerprint density at radius 1 is 1.53 bits per heavy atom. The predicted octanol–water partition coefficient (Wildman–Crippen LogP) is 1.10. The van der Waals surface area contributed by atoms with E-state index in [1.54, 1.807) is 7.11 Å². The maximum atomic E-state index is 4.98. The summed E-state index contributed by atoms with van der Waals surface area (Å²) in [5, 5.41) is 7.80. The average Bonchev–Trinajstić information content (AvgIpc) is 2.74. The summed E-state index contributed by atoms with van der Waals surface area (Å²) in [6.07, 6.45) is 2.79. The van der Waals surface area contributed by atoms with Crippen molar-refractivity contribution in [1.82, 2.24) is 10.6 Å². The summed E-state index contributed by atoms with van der Waals surface area (Å²) in [6.45, 7) is 6.17. The van der Waals surface area contributed by atoms with E-state index in [9.17, 15) is 0 Å². The molecule has 0 aliphatic carbocycles. The molecule has 1 aliphatic rings. The number of nitrogens with one attached hydrogen (secondary N) is 2. The van der Waals surface area contributed by atoms with Crippen molar-refractivity contribution in [3.05, 3.63) is 0 Å². The predicted molar refractivity (Wildman–Crippen MR) is 67.7 cm³/mol. The van der Waals surface area contributed by atoms with Gasteiger partial charge in [-0.1, -0.05) is 0 Å². The molecule has 1 rings (SSSR count). The first kappa shape index (κ1) is 13.3. The molecule has 1 saturated heterocycles. The van der Waals surface area contributed by atoms with Crippen molar-refractivity contribution in [3.8, 4) is 0 Å². The molecule has 0 bridgehead atoms. The van der Waals surface area contributed by atoms with Gasteiger partial charge < -0.3 is 15.4 Å². The molecular weight excluding hydrogens is 208 g/mol. The van der Waals surface area contributed by atoms with Gasteiger partial charge in [0, 0.05) is 38.0 Å². The van der Waals surface area contributed by atoms with Crippen LogP contribution in [0.1, 0.15) is 19.8 Å². The van der Waals surface area contributed by atoms with Gasteiger partial charge in [0.15, 0.2) is 0 Å². The second-order valence-electron chi connectivity index (χ2n) is 4.14. The summed E-state index contributed by atoms with van der Waals surface area (Å²) in [5.74, 6) is 1.35. The first-order valence-corrected chi connectivity index (χ1v) is 6.92.